The van der Waals surface area contributed by atoms with E-state index in [9.17, 15) is 24.0 Å². The molecule has 1 aromatic carbocycles. The molecule has 6 heterocycles. The van der Waals surface area contributed by atoms with E-state index >= 15 is 0 Å². The number of hydrogen-bond acceptors (Lipinski definition) is 11. The molecule has 2 fully saturated rings. The lowest BCUT2D eigenvalue weighted by Crippen LogP contribution is -2.59. The van der Waals surface area contributed by atoms with Crippen LogP contribution in [0.15, 0.2) is 54.6 Å². The number of aryl methyl sites for hydroxylation is 1. The van der Waals surface area contributed by atoms with Crippen molar-refractivity contribution < 1.29 is 33.4 Å². The summed E-state index contributed by atoms with van der Waals surface area (Å²) in [7, 11) is 4.78. The van der Waals surface area contributed by atoms with Gasteiger partial charge in [-0.1, -0.05) is 40.3 Å². The minimum absolute atomic E-state index is 0.140. The average molecular weight is 921 g/mol. The first-order chi connectivity index (χ1) is 31.5. The first-order valence-corrected chi connectivity index (χ1v) is 23.8. The van der Waals surface area contributed by atoms with Crippen LogP contribution in [-0.2, 0) is 48.0 Å². The molecule has 0 spiro atoms. The van der Waals surface area contributed by atoms with Crippen LogP contribution in [-0.4, -0.2) is 137 Å². The number of thiazole rings is 1. The summed E-state index contributed by atoms with van der Waals surface area (Å²) in [5, 5.41) is 8.11. The van der Waals surface area contributed by atoms with Crippen LogP contribution in [0.5, 0.6) is 0 Å². The molecule has 351 valence electrons. The number of hydrazine groups is 1. The Labute approximate surface area is 392 Å². The molecule has 2 saturated heterocycles. The SMILES string of the molecule is C=CC(=O)N1CCN(C(=O)N(C)[C@H](C(=O)N[B][C@H]2Cc3nc(cs3)-c3ccc4c(c3)c(c(-c3cccnc3[C@H](C)OC)n4CC)CC(C)(C)COC(=O)[C@@H]3CCCN(N3)C2=O)C(C)C)CC1. The van der Waals surface area contributed by atoms with E-state index in [4.69, 9.17) is 19.4 Å². The van der Waals surface area contributed by atoms with Crippen molar-refractivity contribution in [3.63, 3.8) is 0 Å². The van der Waals surface area contributed by atoms with Crippen LogP contribution in [0.4, 0.5) is 4.79 Å². The van der Waals surface area contributed by atoms with E-state index in [0.717, 1.165) is 44.7 Å². The summed E-state index contributed by atoms with van der Waals surface area (Å²) in [4.78, 5) is 83.0. The molecule has 3 aliphatic heterocycles. The summed E-state index contributed by atoms with van der Waals surface area (Å²) < 4.78 is 14.2. The number of urea groups is 1. The normalized spacial score (nSPS) is 20.0. The zero-order chi connectivity index (χ0) is 47.4. The molecule has 3 aliphatic rings. The second kappa shape index (κ2) is 20.5. The lowest BCUT2D eigenvalue weighted by atomic mass is 9.72. The summed E-state index contributed by atoms with van der Waals surface area (Å²) in [5.74, 6) is -2.56. The first kappa shape index (κ1) is 48.4. The number of carbonyl (C=O) groups is 5. The van der Waals surface area contributed by atoms with Gasteiger partial charge in [0.1, 0.15) is 12.1 Å². The van der Waals surface area contributed by atoms with Crippen molar-refractivity contribution in [2.45, 2.75) is 97.8 Å². The molecule has 66 heavy (non-hydrogen) atoms. The van der Waals surface area contributed by atoms with E-state index in [1.54, 1.807) is 30.2 Å². The third-order valence-electron chi connectivity index (χ3n) is 13.0. The predicted molar refractivity (Wildman–Crippen MR) is 255 cm³/mol. The molecule has 0 aliphatic carbocycles. The zero-order valence-electron chi connectivity index (χ0n) is 39.5. The molecule has 7 rings (SSSR count). The molecule has 4 atom stereocenters. The van der Waals surface area contributed by atoms with Crippen LogP contribution in [0.1, 0.15) is 76.8 Å². The van der Waals surface area contributed by atoms with Crippen LogP contribution < -0.4 is 10.7 Å². The molecule has 16 nitrogen and oxygen atoms in total. The van der Waals surface area contributed by atoms with Gasteiger partial charge in [-0.3, -0.25) is 29.2 Å². The predicted octanol–water partition coefficient (Wildman–Crippen LogP) is 5.65. The Morgan fingerprint density at radius 3 is 2.56 bits per heavy atom. The molecular formula is C48H63BN9O7S. The first-order valence-electron chi connectivity index (χ1n) is 22.9. The highest BCUT2D eigenvalue weighted by molar-refractivity contribution is 7.10. The van der Waals surface area contributed by atoms with Crippen molar-refractivity contribution in [2.75, 3.05) is 53.5 Å². The number of benzene rings is 1. The largest absolute Gasteiger partial charge is 0.464 e. The third kappa shape index (κ3) is 10.2. The van der Waals surface area contributed by atoms with E-state index in [0.29, 0.717) is 63.5 Å². The highest BCUT2D eigenvalue weighted by Crippen LogP contribution is 2.42. The summed E-state index contributed by atoms with van der Waals surface area (Å²) >= 11 is 1.44. The number of ether oxygens (including phenoxy) is 2. The van der Waals surface area contributed by atoms with Crippen LogP contribution in [0.3, 0.4) is 0 Å². The summed E-state index contributed by atoms with van der Waals surface area (Å²) in [6.07, 6.45) is 4.61. The number of nitrogens with zero attached hydrogens (tertiary/aromatic N) is 7. The van der Waals surface area contributed by atoms with E-state index in [-0.39, 0.29) is 42.9 Å². The molecule has 0 unspecified atom stereocenters. The fourth-order valence-corrected chi connectivity index (χ4v) is 10.3. The van der Waals surface area contributed by atoms with E-state index in [1.807, 2.05) is 32.2 Å². The Balaban J connectivity index is 1.21. The summed E-state index contributed by atoms with van der Waals surface area (Å²) in [6, 6.07) is 8.48. The van der Waals surface area contributed by atoms with Gasteiger partial charge in [-0.05, 0) is 74.9 Å². The van der Waals surface area contributed by atoms with Crippen molar-refractivity contribution in [2.24, 2.45) is 11.3 Å². The van der Waals surface area contributed by atoms with Crippen molar-refractivity contribution in [1.29, 1.82) is 0 Å². The smallest absolute Gasteiger partial charge is 0.324 e. The quantitative estimate of drug-likeness (QED) is 0.115. The Hall–Kier alpha value is -5.59. The molecule has 0 saturated carbocycles. The lowest BCUT2D eigenvalue weighted by Gasteiger charge is -2.39. The monoisotopic (exact) mass is 920 g/mol. The maximum atomic E-state index is 14.5. The van der Waals surface area contributed by atoms with Gasteiger partial charge in [-0.15, -0.1) is 11.3 Å². The number of likely N-dealkylation sites (N-methyl/N-ethyl adjacent to an activating group) is 1. The van der Waals surface area contributed by atoms with Crippen LogP contribution in [0.25, 0.3) is 33.4 Å². The van der Waals surface area contributed by atoms with Gasteiger partial charge >= 0.3 is 12.0 Å². The summed E-state index contributed by atoms with van der Waals surface area (Å²) in [6.45, 7) is 18.2. The highest BCUT2D eigenvalue weighted by Gasteiger charge is 2.38. The van der Waals surface area contributed by atoms with Gasteiger partial charge in [-0.2, -0.15) is 0 Å². The van der Waals surface area contributed by atoms with Crippen molar-refractivity contribution in [1.82, 2.24) is 44.9 Å². The van der Waals surface area contributed by atoms with Gasteiger partial charge in [-0.25, -0.2) is 15.2 Å². The number of carbonyl (C=O) groups excluding carboxylic acids is 5. The van der Waals surface area contributed by atoms with Gasteiger partial charge in [0.25, 0.3) is 7.41 Å². The molecular weight excluding hydrogens is 857 g/mol. The molecule has 18 heteroatoms. The number of rotatable bonds is 10. The maximum absolute atomic E-state index is 14.5. The van der Waals surface area contributed by atoms with Crippen LogP contribution in [0.2, 0.25) is 5.82 Å². The van der Waals surface area contributed by atoms with Gasteiger partial charge < -0.3 is 34.0 Å². The van der Waals surface area contributed by atoms with Crippen molar-refractivity contribution in [3.05, 3.63) is 70.8 Å². The van der Waals surface area contributed by atoms with E-state index < -0.39 is 35.2 Å². The maximum Gasteiger partial charge on any atom is 0.324 e. The van der Waals surface area contributed by atoms with Crippen molar-refractivity contribution >= 4 is 59.4 Å². The molecule has 5 amide bonds. The number of methoxy groups -OCH3 is 1. The van der Waals surface area contributed by atoms with Gasteiger partial charge in [0.05, 0.1) is 34.8 Å². The summed E-state index contributed by atoms with van der Waals surface area (Å²) in [5.41, 5.74) is 9.36. The Bertz CT molecular complexity index is 2460. The Morgan fingerprint density at radius 2 is 1.86 bits per heavy atom. The standard InChI is InChI=1S/C48H63BN9O7S/c1-10-40(59)55-20-22-56(23-21-55)47(63)54(8)42(29(3)4)44(60)52-49-35-25-39-51-37(27-66-39)31-16-17-38-33(24-31)34(43(57(38)11-2)32-14-12-18-50-41(32)30(5)64-9)26-48(6,7)28-65-46(62)36-15-13-19-58(53-36)45(35)61/h10,12,14,16-18,24,27,29-30,35-36,42,53H,1,11,13,15,19-23,25-26,28H2,2-9H3,(H,52,60)/t30-,35-,36-,42-/m0/s1. The topological polar surface area (TPSA) is 172 Å². The number of aromatic nitrogens is 3. The molecule has 1 radical (unpaired) electrons. The number of piperazine rings is 1. The second-order valence-corrected chi connectivity index (χ2v) is 19.5. The van der Waals surface area contributed by atoms with Crippen molar-refractivity contribution in [3.8, 4) is 22.5 Å². The third-order valence-corrected chi connectivity index (χ3v) is 13.8. The lowest BCUT2D eigenvalue weighted by molar-refractivity contribution is -0.154. The number of fused-ring (bicyclic) bond motifs is 6. The number of nitrogens with one attached hydrogen (secondary N) is 2. The minimum atomic E-state index is -0.879. The molecule has 4 aromatic rings. The van der Waals surface area contributed by atoms with Crippen LogP contribution in [0, 0.1) is 11.3 Å². The second-order valence-electron chi connectivity index (χ2n) is 18.6. The van der Waals surface area contributed by atoms with Crippen LogP contribution >= 0.6 is 11.3 Å². The number of amides is 5. The number of hydrogen-bond donors (Lipinski definition) is 2. The molecule has 3 aromatic heterocycles. The molecule has 6 bridgehead atoms. The number of pyridine rings is 1. The van der Waals surface area contributed by atoms with Gasteiger partial charge in [0.15, 0.2) is 0 Å². The zero-order valence-corrected chi connectivity index (χ0v) is 40.3. The fraction of sp³-hybridized carbons (Fsp3) is 0.521. The minimum Gasteiger partial charge on any atom is -0.464 e. The van der Waals surface area contributed by atoms with Gasteiger partial charge in [0.2, 0.25) is 17.7 Å². The van der Waals surface area contributed by atoms with E-state index in [1.165, 1.54) is 34.7 Å². The number of esters is 1. The Kier molecular flexibility index (Phi) is 15.0. The fourth-order valence-electron chi connectivity index (χ4n) is 9.39. The molecule has 2 N–H and O–H groups in total. The highest BCUT2D eigenvalue weighted by atomic mass is 32.1. The number of cyclic esters (lactones) is 1. The van der Waals surface area contributed by atoms with E-state index in [2.05, 4.69) is 66.8 Å². The Morgan fingerprint density at radius 1 is 1.12 bits per heavy atom. The average Bonchev–Trinajstić information content (AvgIpc) is 3.92. The van der Waals surface area contributed by atoms with Gasteiger partial charge in [0, 0.05) is 105 Å².